The second-order valence-corrected chi connectivity index (χ2v) is 4.49. The summed E-state index contributed by atoms with van der Waals surface area (Å²) in [5.41, 5.74) is 6.50. The van der Waals surface area contributed by atoms with E-state index in [9.17, 15) is 9.59 Å². The Labute approximate surface area is 112 Å². The Bertz CT molecular complexity index is 445. The maximum Gasteiger partial charge on any atom is 0.354 e. The molecule has 0 aromatic carbocycles. The lowest BCUT2D eigenvalue weighted by molar-refractivity contribution is -0.123. The standard InChI is InChI=1S/C13H19N3O3/c1-3-8(2)11(14)12(17)16-7-9-4-5-10(13(18)19)15-6-9/h4-6,8,11H,3,7,14H2,1-2H3,(H,16,17)(H,18,19). The molecule has 1 aromatic heterocycles. The summed E-state index contributed by atoms with van der Waals surface area (Å²) in [6.45, 7) is 4.19. The van der Waals surface area contributed by atoms with Crippen molar-refractivity contribution in [3.63, 3.8) is 0 Å². The maximum absolute atomic E-state index is 11.7. The van der Waals surface area contributed by atoms with E-state index < -0.39 is 12.0 Å². The predicted molar refractivity (Wildman–Crippen MR) is 70.5 cm³/mol. The summed E-state index contributed by atoms with van der Waals surface area (Å²) in [6, 6.07) is 2.49. The highest BCUT2D eigenvalue weighted by molar-refractivity contribution is 5.85. The van der Waals surface area contributed by atoms with E-state index in [0.29, 0.717) is 0 Å². The molecule has 1 amide bonds. The van der Waals surface area contributed by atoms with Crippen LogP contribution < -0.4 is 11.1 Å². The SMILES string of the molecule is CCC(C)C(N)C(=O)NCc1ccc(C(=O)O)nc1. The molecule has 0 aliphatic heterocycles. The van der Waals surface area contributed by atoms with Crippen LogP contribution in [0.5, 0.6) is 0 Å². The summed E-state index contributed by atoms with van der Waals surface area (Å²) in [7, 11) is 0. The minimum Gasteiger partial charge on any atom is -0.477 e. The van der Waals surface area contributed by atoms with E-state index in [1.165, 1.54) is 12.3 Å². The average molecular weight is 265 g/mol. The minimum absolute atomic E-state index is 0.0219. The lowest BCUT2D eigenvalue weighted by atomic mass is 9.99. The summed E-state index contributed by atoms with van der Waals surface area (Å²) in [5, 5.41) is 11.4. The fraction of sp³-hybridized carbons (Fsp3) is 0.462. The Morgan fingerprint density at radius 1 is 1.47 bits per heavy atom. The second-order valence-electron chi connectivity index (χ2n) is 4.49. The molecule has 2 atom stereocenters. The number of hydrogen-bond donors (Lipinski definition) is 3. The molecule has 19 heavy (non-hydrogen) atoms. The smallest absolute Gasteiger partial charge is 0.354 e. The van der Waals surface area contributed by atoms with Crippen LogP contribution in [-0.2, 0) is 11.3 Å². The average Bonchev–Trinajstić information content (AvgIpc) is 2.43. The Hall–Kier alpha value is -1.95. The van der Waals surface area contributed by atoms with Gasteiger partial charge in [0.1, 0.15) is 5.69 Å². The molecule has 0 saturated heterocycles. The number of carboxylic acids is 1. The molecule has 0 aliphatic carbocycles. The van der Waals surface area contributed by atoms with Crippen LogP contribution >= 0.6 is 0 Å². The van der Waals surface area contributed by atoms with Crippen LogP contribution in [0.3, 0.4) is 0 Å². The van der Waals surface area contributed by atoms with Crippen molar-refractivity contribution in [2.24, 2.45) is 11.7 Å². The third-order valence-corrected chi connectivity index (χ3v) is 3.07. The largest absolute Gasteiger partial charge is 0.477 e. The number of carbonyl (C=O) groups is 2. The zero-order chi connectivity index (χ0) is 14.4. The summed E-state index contributed by atoms with van der Waals surface area (Å²) in [4.78, 5) is 26.1. The van der Waals surface area contributed by atoms with Gasteiger partial charge in [-0.2, -0.15) is 0 Å². The Morgan fingerprint density at radius 2 is 2.16 bits per heavy atom. The van der Waals surface area contributed by atoms with Crippen LogP contribution in [-0.4, -0.2) is 28.0 Å². The third-order valence-electron chi connectivity index (χ3n) is 3.07. The van der Waals surface area contributed by atoms with Gasteiger partial charge in [-0.05, 0) is 17.5 Å². The van der Waals surface area contributed by atoms with Crippen molar-refractivity contribution >= 4 is 11.9 Å². The lowest BCUT2D eigenvalue weighted by Gasteiger charge is -2.17. The number of carboxylic acid groups (broad SMARTS) is 1. The van der Waals surface area contributed by atoms with Crippen molar-refractivity contribution in [1.82, 2.24) is 10.3 Å². The molecule has 1 rings (SSSR count). The molecule has 0 spiro atoms. The van der Waals surface area contributed by atoms with Crippen LogP contribution in [0.1, 0.15) is 36.3 Å². The number of aromatic carboxylic acids is 1. The molecule has 1 heterocycles. The molecule has 0 saturated carbocycles. The highest BCUT2D eigenvalue weighted by atomic mass is 16.4. The van der Waals surface area contributed by atoms with Gasteiger partial charge in [0.05, 0.1) is 6.04 Å². The number of nitrogens with two attached hydrogens (primary N) is 1. The first-order valence-corrected chi connectivity index (χ1v) is 6.17. The van der Waals surface area contributed by atoms with E-state index in [4.69, 9.17) is 10.8 Å². The van der Waals surface area contributed by atoms with E-state index in [1.54, 1.807) is 6.07 Å². The fourth-order valence-electron chi connectivity index (χ4n) is 1.47. The molecular weight excluding hydrogens is 246 g/mol. The van der Waals surface area contributed by atoms with Gasteiger partial charge in [-0.15, -0.1) is 0 Å². The van der Waals surface area contributed by atoms with Crippen LogP contribution in [0.2, 0.25) is 0 Å². The van der Waals surface area contributed by atoms with Crippen molar-refractivity contribution in [2.75, 3.05) is 0 Å². The molecule has 0 radical (unpaired) electrons. The molecule has 6 heteroatoms. The van der Waals surface area contributed by atoms with Gasteiger partial charge in [-0.1, -0.05) is 26.3 Å². The van der Waals surface area contributed by atoms with Gasteiger partial charge in [-0.3, -0.25) is 4.79 Å². The van der Waals surface area contributed by atoms with E-state index in [2.05, 4.69) is 10.3 Å². The monoisotopic (exact) mass is 265 g/mol. The number of pyridine rings is 1. The lowest BCUT2D eigenvalue weighted by Crippen LogP contribution is -2.44. The first kappa shape index (κ1) is 15.1. The highest BCUT2D eigenvalue weighted by Crippen LogP contribution is 2.06. The summed E-state index contributed by atoms with van der Waals surface area (Å²) in [5.74, 6) is -1.17. The molecule has 0 bridgehead atoms. The van der Waals surface area contributed by atoms with Crippen LogP contribution in [0, 0.1) is 5.92 Å². The number of rotatable bonds is 6. The van der Waals surface area contributed by atoms with Gasteiger partial charge >= 0.3 is 5.97 Å². The molecule has 6 nitrogen and oxygen atoms in total. The zero-order valence-corrected chi connectivity index (χ0v) is 11.1. The van der Waals surface area contributed by atoms with E-state index in [0.717, 1.165) is 12.0 Å². The summed E-state index contributed by atoms with van der Waals surface area (Å²) >= 11 is 0. The first-order chi connectivity index (χ1) is 8.95. The second kappa shape index (κ2) is 6.84. The number of amides is 1. The van der Waals surface area contributed by atoms with Crippen molar-refractivity contribution in [2.45, 2.75) is 32.9 Å². The first-order valence-electron chi connectivity index (χ1n) is 6.17. The van der Waals surface area contributed by atoms with Crippen molar-refractivity contribution in [1.29, 1.82) is 0 Å². The van der Waals surface area contributed by atoms with E-state index in [1.807, 2.05) is 13.8 Å². The number of hydrogen-bond acceptors (Lipinski definition) is 4. The normalized spacial score (nSPS) is 13.6. The van der Waals surface area contributed by atoms with Crippen LogP contribution in [0.15, 0.2) is 18.3 Å². The van der Waals surface area contributed by atoms with Crippen molar-refractivity contribution in [3.05, 3.63) is 29.6 Å². The molecule has 0 aliphatic rings. The molecular formula is C13H19N3O3. The molecule has 104 valence electrons. The number of nitrogens with zero attached hydrogens (tertiary/aromatic N) is 1. The Morgan fingerprint density at radius 3 is 2.63 bits per heavy atom. The van der Waals surface area contributed by atoms with Gasteiger partial charge in [-0.25, -0.2) is 9.78 Å². The minimum atomic E-state index is -1.07. The number of carbonyl (C=O) groups excluding carboxylic acids is 1. The predicted octanol–water partition coefficient (Wildman–Crippen LogP) is 0.769. The van der Waals surface area contributed by atoms with Crippen molar-refractivity contribution < 1.29 is 14.7 Å². The Balaban J connectivity index is 2.52. The molecule has 2 unspecified atom stereocenters. The molecule has 4 N–H and O–H groups in total. The van der Waals surface area contributed by atoms with Crippen LogP contribution in [0.25, 0.3) is 0 Å². The Kier molecular flexibility index (Phi) is 5.44. The number of aromatic nitrogens is 1. The van der Waals surface area contributed by atoms with Crippen molar-refractivity contribution in [3.8, 4) is 0 Å². The summed E-state index contributed by atoms with van der Waals surface area (Å²) in [6.07, 6.45) is 2.27. The van der Waals surface area contributed by atoms with Gasteiger partial charge in [0, 0.05) is 12.7 Å². The highest BCUT2D eigenvalue weighted by Gasteiger charge is 2.18. The van der Waals surface area contributed by atoms with E-state index >= 15 is 0 Å². The quantitative estimate of drug-likeness (QED) is 0.704. The zero-order valence-electron chi connectivity index (χ0n) is 11.1. The molecule has 0 fully saturated rings. The number of nitrogens with one attached hydrogen (secondary N) is 1. The molecule has 1 aromatic rings. The topological polar surface area (TPSA) is 105 Å². The van der Waals surface area contributed by atoms with Gasteiger partial charge in [0.2, 0.25) is 5.91 Å². The summed E-state index contributed by atoms with van der Waals surface area (Å²) < 4.78 is 0. The third kappa shape index (κ3) is 4.33. The van der Waals surface area contributed by atoms with Crippen LogP contribution in [0.4, 0.5) is 0 Å². The fourth-order valence-corrected chi connectivity index (χ4v) is 1.47. The van der Waals surface area contributed by atoms with Gasteiger partial charge in [0.25, 0.3) is 0 Å². The van der Waals surface area contributed by atoms with Gasteiger partial charge < -0.3 is 16.2 Å². The van der Waals surface area contributed by atoms with Gasteiger partial charge in [0.15, 0.2) is 0 Å². The van der Waals surface area contributed by atoms with E-state index in [-0.39, 0.29) is 24.1 Å². The maximum atomic E-state index is 11.7.